The molecule has 20 heavy (non-hydrogen) atoms. The summed E-state index contributed by atoms with van der Waals surface area (Å²) >= 11 is 0. The van der Waals surface area contributed by atoms with E-state index in [4.69, 9.17) is 9.47 Å². The molecule has 1 N–H and O–H groups in total. The lowest BCUT2D eigenvalue weighted by molar-refractivity contribution is -0.143. The summed E-state index contributed by atoms with van der Waals surface area (Å²) in [6, 6.07) is 9.82. The molecule has 0 aliphatic carbocycles. The van der Waals surface area contributed by atoms with Gasteiger partial charge in [0.15, 0.2) is 0 Å². The van der Waals surface area contributed by atoms with Crippen LogP contribution in [-0.4, -0.2) is 30.4 Å². The number of ether oxygens (including phenoxy) is 2. The van der Waals surface area contributed by atoms with E-state index in [-0.39, 0.29) is 19.3 Å². The molecule has 2 atom stereocenters. The molecule has 0 radical (unpaired) electrons. The molecule has 2 unspecified atom stereocenters. The third kappa shape index (κ3) is 5.55. The smallest absolute Gasteiger partial charge is 0.333 e. The average molecular weight is 278 g/mol. The number of carbonyl (C=O) groups excluding carboxylic acids is 1. The predicted molar refractivity (Wildman–Crippen MR) is 77.2 cm³/mol. The first-order valence-corrected chi connectivity index (χ1v) is 6.71. The molecule has 1 aromatic carbocycles. The van der Waals surface area contributed by atoms with Gasteiger partial charge in [0.2, 0.25) is 0 Å². The summed E-state index contributed by atoms with van der Waals surface area (Å²) in [4.78, 5) is 11.2. The first kappa shape index (κ1) is 16.4. The highest BCUT2D eigenvalue weighted by atomic mass is 16.5. The summed E-state index contributed by atoms with van der Waals surface area (Å²) in [5.41, 5.74) is 1.38. The van der Waals surface area contributed by atoms with Gasteiger partial charge < -0.3 is 14.6 Å². The van der Waals surface area contributed by atoms with Crippen molar-refractivity contribution in [2.24, 2.45) is 0 Å². The largest absolute Gasteiger partial charge is 0.460 e. The van der Waals surface area contributed by atoms with Crippen molar-refractivity contribution < 1.29 is 19.4 Å². The molecule has 0 aromatic heterocycles. The van der Waals surface area contributed by atoms with Gasteiger partial charge in [-0.1, -0.05) is 43.8 Å². The Kier molecular flexibility index (Phi) is 6.98. The Labute approximate surface area is 120 Å². The molecule has 1 aromatic rings. The Balaban J connectivity index is 2.37. The second kappa shape index (κ2) is 8.51. The highest BCUT2D eigenvalue weighted by Gasteiger charge is 2.14. The minimum atomic E-state index is -0.837. The van der Waals surface area contributed by atoms with Crippen molar-refractivity contribution in [3.8, 4) is 0 Å². The first-order valence-electron chi connectivity index (χ1n) is 6.71. The maximum atomic E-state index is 11.2. The van der Waals surface area contributed by atoms with E-state index in [1.807, 2.05) is 37.3 Å². The molecular weight excluding hydrogens is 256 g/mol. The highest BCUT2D eigenvalue weighted by molar-refractivity contribution is 5.86. The van der Waals surface area contributed by atoms with Crippen molar-refractivity contribution in [3.63, 3.8) is 0 Å². The molecule has 0 aliphatic heterocycles. The van der Waals surface area contributed by atoms with Crippen LogP contribution in [0.15, 0.2) is 42.5 Å². The fourth-order valence-corrected chi connectivity index (χ4v) is 1.69. The fraction of sp³-hybridized carbons (Fsp3) is 0.438. The summed E-state index contributed by atoms with van der Waals surface area (Å²) in [7, 11) is 0. The summed E-state index contributed by atoms with van der Waals surface area (Å²) in [5.74, 6) is -0.501. The van der Waals surface area contributed by atoms with Crippen LogP contribution in [0.4, 0.5) is 0 Å². The summed E-state index contributed by atoms with van der Waals surface area (Å²) < 4.78 is 10.5. The van der Waals surface area contributed by atoms with Gasteiger partial charge in [-0.25, -0.2) is 4.79 Å². The van der Waals surface area contributed by atoms with Gasteiger partial charge in [-0.15, -0.1) is 0 Å². The maximum Gasteiger partial charge on any atom is 0.333 e. The molecule has 4 nitrogen and oxygen atoms in total. The molecule has 110 valence electrons. The van der Waals surface area contributed by atoms with E-state index < -0.39 is 12.1 Å². The standard InChI is InChI=1S/C16H22O4/c1-4-15(13-8-6-5-7-9-13)19-10-14(17)11-20-16(18)12(2)3/h5-9,14-15,17H,2,4,10-11H2,1,3H3. The second-order valence-corrected chi connectivity index (χ2v) is 4.67. The zero-order valence-electron chi connectivity index (χ0n) is 12.0. The number of rotatable bonds is 8. The second-order valence-electron chi connectivity index (χ2n) is 4.67. The lowest BCUT2D eigenvalue weighted by Crippen LogP contribution is -2.25. The number of carbonyl (C=O) groups is 1. The van der Waals surface area contributed by atoms with Crippen LogP contribution in [0.25, 0.3) is 0 Å². The van der Waals surface area contributed by atoms with Gasteiger partial charge in [-0.2, -0.15) is 0 Å². The molecule has 0 heterocycles. The minimum Gasteiger partial charge on any atom is -0.460 e. The van der Waals surface area contributed by atoms with Crippen LogP contribution in [0.5, 0.6) is 0 Å². The van der Waals surface area contributed by atoms with Gasteiger partial charge in [0.1, 0.15) is 12.7 Å². The monoisotopic (exact) mass is 278 g/mol. The van der Waals surface area contributed by atoms with Crippen molar-refractivity contribution in [1.82, 2.24) is 0 Å². The van der Waals surface area contributed by atoms with E-state index in [2.05, 4.69) is 6.58 Å². The fourth-order valence-electron chi connectivity index (χ4n) is 1.69. The molecule has 4 heteroatoms. The number of aliphatic hydroxyl groups excluding tert-OH is 1. The maximum absolute atomic E-state index is 11.2. The molecule has 0 saturated carbocycles. The normalized spacial score (nSPS) is 13.6. The highest BCUT2D eigenvalue weighted by Crippen LogP contribution is 2.20. The van der Waals surface area contributed by atoms with Gasteiger partial charge in [0.25, 0.3) is 0 Å². The minimum absolute atomic E-state index is 0.0670. The Bertz CT molecular complexity index is 427. The van der Waals surface area contributed by atoms with Crippen molar-refractivity contribution in [3.05, 3.63) is 48.0 Å². The molecule has 0 saturated heterocycles. The topological polar surface area (TPSA) is 55.8 Å². The zero-order chi connectivity index (χ0) is 15.0. The molecular formula is C16H22O4. The number of hydrogen-bond acceptors (Lipinski definition) is 4. The van der Waals surface area contributed by atoms with Crippen molar-refractivity contribution >= 4 is 5.97 Å². The Morgan fingerprint density at radius 3 is 2.50 bits per heavy atom. The van der Waals surface area contributed by atoms with Crippen LogP contribution < -0.4 is 0 Å². The third-order valence-electron chi connectivity index (χ3n) is 2.79. The van der Waals surface area contributed by atoms with Gasteiger partial charge >= 0.3 is 5.97 Å². The van der Waals surface area contributed by atoms with E-state index in [1.54, 1.807) is 6.92 Å². The zero-order valence-corrected chi connectivity index (χ0v) is 12.0. The summed E-state index contributed by atoms with van der Waals surface area (Å²) in [6.45, 7) is 7.09. The van der Waals surface area contributed by atoms with Crippen LogP contribution >= 0.6 is 0 Å². The Hall–Kier alpha value is -1.65. The van der Waals surface area contributed by atoms with Crippen LogP contribution in [0.1, 0.15) is 31.9 Å². The van der Waals surface area contributed by atoms with E-state index in [9.17, 15) is 9.90 Å². The molecule has 0 bridgehead atoms. The van der Waals surface area contributed by atoms with Crippen LogP contribution in [0, 0.1) is 0 Å². The quantitative estimate of drug-likeness (QED) is 0.586. The van der Waals surface area contributed by atoms with Crippen LogP contribution in [0.3, 0.4) is 0 Å². The van der Waals surface area contributed by atoms with Crippen LogP contribution in [-0.2, 0) is 14.3 Å². The number of hydrogen-bond donors (Lipinski definition) is 1. The van der Waals surface area contributed by atoms with Gasteiger partial charge in [0, 0.05) is 5.57 Å². The molecule has 0 spiro atoms. The molecule has 1 rings (SSSR count). The third-order valence-corrected chi connectivity index (χ3v) is 2.79. The van der Waals surface area contributed by atoms with Gasteiger partial charge in [0.05, 0.1) is 12.7 Å². The van der Waals surface area contributed by atoms with Gasteiger partial charge in [-0.3, -0.25) is 0 Å². The number of aliphatic hydroxyl groups is 1. The number of esters is 1. The van der Waals surface area contributed by atoms with E-state index in [0.717, 1.165) is 12.0 Å². The van der Waals surface area contributed by atoms with E-state index in [1.165, 1.54) is 0 Å². The molecule has 0 fully saturated rings. The summed E-state index contributed by atoms with van der Waals surface area (Å²) in [6.07, 6.45) is -0.0961. The molecule has 0 amide bonds. The van der Waals surface area contributed by atoms with E-state index >= 15 is 0 Å². The van der Waals surface area contributed by atoms with Crippen molar-refractivity contribution in [2.75, 3.05) is 13.2 Å². The SMILES string of the molecule is C=C(C)C(=O)OCC(O)COC(CC)c1ccccc1. The lowest BCUT2D eigenvalue weighted by Gasteiger charge is -2.19. The number of benzene rings is 1. The van der Waals surface area contributed by atoms with Crippen molar-refractivity contribution in [2.45, 2.75) is 32.5 Å². The first-order chi connectivity index (χ1) is 9.54. The Morgan fingerprint density at radius 1 is 1.30 bits per heavy atom. The van der Waals surface area contributed by atoms with Crippen molar-refractivity contribution in [1.29, 1.82) is 0 Å². The van der Waals surface area contributed by atoms with Crippen LogP contribution in [0.2, 0.25) is 0 Å². The van der Waals surface area contributed by atoms with Gasteiger partial charge in [-0.05, 0) is 18.9 Å². The lowest BCUT2D eigenvalue weighted by atomic mass is 10.1. The predicted octanol–water partition coefficient (Wildman–Crippen LogP) is 2.63. The summed E-state index contributed by atoms with van der Waals surface area (Å²) in [5, 5.41) is 9.74. The molecule has 0 aliphatic rings. The average Bonchev–Trinajstić information content (AvgIpc) is 2.46. The van der Waals surface area contributed by atoms with E-state index in [0.29, 0.717) is 5.57 Å². The Morgan fingerprint density at radius 2 is 1.95 bits per heavy atom.